The van der Waals surface area contributed by atoms with Gasteiger partial charge in [-0.05, 0) is 25.1 Å². The summed E-state index contributed by atoms with van der Waals surface area (Å²) in [7, 11) is 1.72. The van der Waals surface area contributed by atoms with Gasteiger partial charge in [-0.2, -0.15) is 5.10 Å². The molecule has 7 nitrogen and oxygen atoms in total. The van der Waals surface area contributed by atoms with Crippen LogP contribution in [0.25, 0.3) is 0 Å². The molecule has 136 valence electrons. The number of H-pyrrole nitrogens is 1. The average molecular weight is 357 g/mol. The lowest BCUT2D eigenvalue weighted by molar-refractivity contribution is 0.0784. The minimum absolute atomic E-state index is 0.0964. The summed E-state index contributed by atoms with van der Waals surface area (Å²) in [5.41, 5.74) is 0.887. The van der Waals surface area contributed by atoms with Crippen molar-refractivity contribution in [2.24, 2.45) is 0 Å². The van der Waals surface area contributed by atoms with E-state index in [-0.39, 0.29) is 18.3 Å². The fraction of sp³-hybridized carbons (Fsp3) is 0.278. The zero-order chi connectivity index (χ0) is 18.5. The van der Waals surface area contributed by atoms with Gasteiger partial charge in [-0.1, -0.05) is 12.1 Å². The minimum Gasteiger partial charge on any atom is -0.484 e. The van der Waals surface area contributed by atoms with Crippen molar-refractivity contribution in [2.75, 3.05) is 13.6 Å². The Labute approximate surface area is 150 Å². The summed E-state index contributed by atoms with van der Waals surface area (Å²) in [6, 6.07) is 7.77. The number of aromatic amines is 1. The number of rotatable bonds is 7. The van der Waals surface area contributed by atoms with E-state index in [1.807, 2.05) is 17.7 Å². The number of carbonyl (C=O) groups is 1. The molecule has 26 heavy (non-hydrogen) atoms. The van der Waals surface area contributed by atoms with Gasteiger partial charge in [0.15, 0.2) is 17.3 Å². The molecule has 0 saturated carbocycles. The van der Waals surface area contributed by atoms with Crippen LogP contribution in [0.4, 0.5) is 4.39 Å². The van der Waals surface area contributed by atoms with Gasteiger partial charge in [-0.15, -0.1) is 0 Å². The summed E-state index contributed by atoms with van der Waals surface area (Å²) < 4.78 is 20.9. The second-order valence-electron chi connectivity index (χ2n) is 5.89. The molecule has 0 aliphatic heterocycles. The highest BCUT2D eigenvalue weighted by atomic mass is 19.1. The van der Waals surface area contributed by atoms with Gasteiger partial charge >= 0.3 is 0 Å². The van der Waals surface area contributed by atoms with E-state index in [2.05, 4.69) is 15.2 Å². The van der Waals surface area contributed by atoms with E-state index >= 15 is 0 Å². The molecule has 0 atom stereocenters. The fourth-order valence-electron chi connectivity index (χ4n) is 2.46. The van der Waals surface area contributed by atoms with Crippen LogP contribution in [-0.4, -0.2) is 44.1 Å². The van der Waals surface area contributed by atoms with E-state index in [0.717, 1.165) is 5.82 Å². The number of aryl methyl sites for hydroxylation is 1. The molecule has 0 bridgehead atoms. The number of para-hydroxylation sites is 1. The lowest BCUT2D eigenvalue weighted by atomic mass is 10.3. The van der Waals surface area contributed by atoms with Gasteiger partial charge in [0.1, 0.15) is 12.4 Å². The average Bonchev–Trinajstić information content (AvgIpc) is 3.27. The molecule has 2 heterocycles. The molecular formula is C18H20FN5O2. The zero-order valence-corrected chi connectivity index (χ0v) is 14.6. The number of aromatic nitrogens is 4. The number of nitrogens with one attached hydrogen (secondary N) is 1. The highest BCUT2D eigenvalue weighted by molar-refractivity contribution is 5.92. The van der Waals surface area contributed by atoms with Gasteiger partial charge in [0.05, 0.1) is 5.69 Å². The number of ether oxygens (including phenoxy) is 1. The largest absolute Gasteiger partial charge is 0.484 e. The Hall–Kier alpha value is -3.16. The first kappa shape index (κ1) is 17.7. The Balaban J connectivity index is 1.55. The van der Waals surface area contributed by atoms with Crippen molar-refractivity contribution in [3.63, 3.8) is 0 Å². The van der Waals surface area contributed by atoms with Crippen LogP contribution in [0.1, 0.15) is 22.0 Å². The Morgan fingerprint density at radius 3 is 2.92 bits per heavy atom. The quantitative estimate of drug-likeness (QED) is 0.704. The fourth-order valence-corrected chi connectivity index (χ4v) is 2.46. The maximum absolute atomic E-state index is 13.5. The van der Waals surface area contributed by atoms with Crippen LogP contribution in [0.3, 0.4) is 0 Å². The molecule has 3 rings (SSSR count). The van der Waals surface area contributed by atoms with Crippen molar-refractivity contribution in [1.82, 2.24) is 24.6 Å². The normalized spacial score (nSPS) is 10.7. The van der Waals surface area contributed by atoms with Crippen molar-refractivity contribution in [3.05, 3.63) is 65.8 Å². The first-order chi connectivity index (χ1) is 12.5. The number of amides is 1. The maximum Gasteiger partial charge on any atom is 0.274 e. The summed E-state index contributed by atoms with van der Waals surface area (Å²) in [5.74, 6) is 0.426. The third-order valence-corrected chi connectivity index (χ3v) is 4.02. The van der Waals surface area contributed by atoms with Gasteiger partial charge in [-0.25, -0.2) is 9.37 Å². The molecule has 3 aromatic rings. The van der Waals surface area contributed by atoms with Crippen LogP contribution in [0.2, 0.25) is 0 Å². The highest BCUT2D eigenvalue weighted by Gasteiger charge is 2.16. The lowest BCUT2D eigenvalue weighted by Gasteiger charge is -2.16. The Bertz CT molecular complexity index is 889. The molecule has 2 aromatic heterocycles. The van der Waals surface area contributed by atoms with E-state index in [9.17, 15) is 9.18 Å². The van der Waals surface area contributed by atoms with Crippen molar-refractivity contribution in [1.29, 1.82) is 0 Å². The Morgan fingerprint density at radius 1 is 1.38 bits per heavy atom. The van der Waals surface area contributed by atoms with Gasteiger partial charge in [0, 0.05) is 32.5 Å². The summed E-state index contributed by atoms with van der Waals surface area (Å²) in [4.78, 5) is 18.2. The zero-order valence-electron chi connectivity index (χ0n) is 14.6. The summed E-state index contributed by atoms with van der Waals surface area (Å²) in [6.07, 6.45) is 3.60. The molecular weight excluding hydrogens is 337 g/mol. The molecule has 0 aliphatic rings. The van der Waals surface area contributed by atoms with E-state index in [4.69, 9.17) is 4.74 Å². The molecule has 1 amide bonds. The van der Waals surface area contributed by atoms with Gasteiger partial charge in [0.25, 0.3) is 5.91 Å². The van der Waals surface area contributed by atoms with E-state index in [0.29, 0.717) is 24.5 Å². The molecule has 0 saturated heterocycles. The van der Waals surface area contributed by atoms with E-state index in [1.54, 1.807) is 42.4 Å². The molecule has 1 aromatic carbocycles. The van der Waals surface area contributed by atoms with Crippen LogP contribution >= 0.6 is 0 Å². The molecule has 1 N–H and O–H groups in total. The topological polar surface area (TPSA) is 76.0 Å². The highest BCUT2D eigenvalue weighted by Crippen LogP contribution is 2.17. The standard InChI is InChI=1S/C18H20FN5O2/c1-13-20-7-8-24(13)10-9-23(2)18(25)16-11-14(21-22-16)12-26-17-6-4-3-5-15(17)19/h3-8,11H,9-10,12H2,1-2H3,(H,21,22). The lowest BCUT2D eigenvalue weighted by Crippen LogP contribution is -2.30. The number of carbonyl (C=O) groups excluding carboxylic acids is 1. The predicted octanol–water partition coefficient (Wildman–Crippen LogP) is 2.40. The second kappa shape index (κ2) is 7.81. The first-order valence-electron chi connectivity index (χ1n) is 8.19. The number of nitrogens with zero attached hydrogens (tertiary/aromatic N) is 4. The van der Waals surface area contributed by atoms with Crippen LogP contribution in [-0.2, 0) is 13.2 Å². The molecule has 0 spiro atoms. The van der Waals surface area contributed by atoms with Gasteiger partial charge in [0.2, 0.25) is 0 Å². The molecule has 0 aliphatic carbocycles. The van der Waals surface area contributed by atoms with Crippen molar-refractivity contribution in [3.8, 4) is 5.75 Å². The van der Waals surface area contributed by atoms with Crippen LogP contribution in [0.5, 0.6) is 5.75 Å². The SMILES string of the molecule is Cc1nccn1CCN(C)C(=O)c1cc(COc2ccccc2F)[nH]n1. The summed E-state index contributed by atoms with van der Waals surface area (Å²) >= 11 is 0. The smallest absolute Gasteiger partial charge is 0.274 e. The predicted molar refractivity (Wildman–Crippen MR) is 93.2 cm³/mol. The van der Waals surface area contributed by atoms with Crippen LogP contribution < -0.4 is 4.74 Å². The monoisotopic (exact) mass is 357 g/mol. The van der Waals surface area contributed by atoms with Crippen molar-refractivity contribution < 1.29 is 13.9 Å². The summed E-state index contributed by atoms with van der Waals surface area (Å²) in [6.45, 7) is 3.20. The number of halogens is 1. The van der Waals surface area contributed by atoms with E-state index in [1.165, 1.54) is 6.07 Å². The molecule has 0 fully saturated rings. The van der Waals surface area contributed by atoms with Gasteiger partial charge in [-0.3, -0.25) is 9.89 Å². The molecule has 8 heteroatoms. The van der Waals surface area contributed by atoms with Gasteiger partial charge < -0.3 is 14.2 Å². The maximum atomic E-state index is 13.5. The summed E-state index contributed by atoms with van der Waals surface area (Å²) in [5, 5.41) is 6.78. The molecule has 0 unspecified atom stereocenters. The van der Waals surface area contributed by atoms with Crippen LogP contribution in [0.15, 0.2) is 42.7 Å². The first-order valence-corrected chi connectivity index (χ1v) is 8.19. The van der Waals surface area contributed by atoms with Crippen molar-refractivity contribution in [2.45, 2.75) is 20.1 Å². The Kier molecular flexibility index (Phi) is 5.31. The number of hydrogen-bond donors (Lipinski definition) is 1. The third kappa shape index (κ3) is 4.08. The number of hydrogen-bond acceptors (Lipinski definition) is 4. The number of likely N-dealkylation sites (N-methyl/N-ethyl adjacent to an activating group) is 1. The minimum atomic E-state index is -0.433. The molecule has 0 radical (unpaired) electrons. The van der Waals surface area contributed by atoms with Crippen LogP contribution in [0, 0.1) is 12.7 Å². The van der Waals surface area contributed by atoms with E-state index < -0.39 is 5.82 Å². The Morgan fingerprint density at radius 2 is 2.19 bits per heavy atom. The second-order valence-corrected chi connectivity index (χ2v) is 5.89. The third-order valence-electron chi connectivity index (χ3n) is 4.02. The van der Waals surface area contributed by atoms with Crippen molar-refractivity contribution >= 4 is 5.91 Å². The number of imidazole rings is 1. The number of benzene rings is 1.